The van der Waals surface area contributed by atoms with Crippen molar-refractivity contribution in [1.82, 2.24) is 26.6 Å². The Morgan fingerprint density at radius 1 is 0.943 bits per heavy atom. The highest BCUT2D eigenvalue weighted by atomic mass is 16.2. The number of unbranched alkanes of at least 4 members (excludes halogenated alkanes) is 9. The Bertz CT molecular complexity index is 708. The lowest BCUT2D eigenvalue weighted by Crippen LogP contribution is -2.50. The molecule has 9 nitrogen and oxygen atoms in total. The van der Waals surface area contributed by atoms with Gasteiger partial charge in [0.05, 0.1) is 6.54 Å². The first kappa shape index (κ1) is 30.2. The number of hydrogen-bond donors (Lipinski definition) is 5. The first-order valence-corrected chi connectivity index (χ1v) is 13.2. The van der Waals surface area contributed by atoms with Crippen LogP contribution < -0.4 is 26.6 Å². The minimum absolute atomic E-state index is 0.220. The highest BCUT2D eigenvalue weighted by Crippen LogP contribution is 2.10. The molecule has 0 aliphatic carbocycles. The van der Waals surface area contributed by atoms with E-state index in [1.165, 1.54) is 57.4 Å². The highest BCUT2D eigenvalue weighted by molar-refractivity contribution is 5.91. The number of carbonyl (C=O) groups excluding carboxylic acids is 4. The van der Waals surface area contributed by atoms with E-state index in [1.54, 1.807) is 25.2 Å². The molecule has 0 fully saturated rings. The van der Waals surface area contributed by atoms with E-state index in [9.17, 15) is 19.2 Å². The molecule has 0 saturated heterocycles. The van der Waals surface area contributed by atoms with E-state index in [0.717, 1.165) is 12.8 Å². The van der Waals surface area contributed by atoms with Gasteiger partial charge in [-0.25, -0.2) is 4.79 Å². The van der Waals surface area contributed by atoms with Crippen LogP contribution in [0.1, 0.15) is 84.5 Å². The number of carbonyl (C=O) groups is 4. The Kier molecular flexibility index (Phi) is 16.8. The lowest BCUT2D eigenvalue weighted by atomic mass is 10.1. The second-order valence-corrected chi connectivity index (χ2v) is 9.00. The van der Waals surface area contributed by atoms with E-state index in [2.05, 4.69) is 33.5 Å². The minimum Gasteiger partial charge on any atom is -0.352 e. The maximum absolute atomic E-state index is 12.5. The minimum atomic E-state index is -0.870. The van der Waals surface area contributed by atoms with Crippen LogP contribution in [0.3, 0.4) is 0 Å². The van der Waals surface area contributed by atoms with Crippen LogP contribution in [-0.4, -0.2) is 55.5 Å². The summed E-state index contributed by atoms with van der Waals surface area (Å²) in [5, 5.41) is 13.4. The third-order valence-corrected chi connectivity index (χ3v) is 5.67. The molecule has 0 saturated carbocycles. The Hall–Kier alpha value is -2.84. The predicted octanol–water partition coefficient (Wildman–Crippen LogP) is 2.83. The van der Waals surface area contributed by atoms with Crippen molar-refractivity contribution in [1.29, 1.82) is 0 Å². The molecule has 5 N–H and O–H groups in total. The molecule has 1 aliphatic heterocycles. The molecular formula is C26H45N5O4. The number of rotatable bonds is 14. The van der Waals surface area contributed by atoms with Gasteiger partial charge in [0.1, 0.15) is 6.04 Å². The topological polar surface area (TPSA) is 128 Å². The Morgan fingerprint density at radius 3 is 2.29 bits per heavy atom. The largest absolute Gasteiger partial charge is 0.352 e. The van der Waals surface area contributed by atoms with Gasteiger partial charge < -0.3 is 26.6 Å². The SMILES string of the molecule is CCCCCCCCCCCCNC(=O)NCC(=O)N[C@H]1/C=C/CCNC(=O)/C=C/[C@H](C)NC1=O. The van der Waals surface area contributed by atoms with Gasteiger partial charge in [0.15, 0.2) is 0 Å². The summed E-state index contributed by atoms with van der Waals surface area (Å²) in [6, 6.07) is -1.65. The van der Waals surface area contributed by atoms with Crippen LogP contribution in [0.4, 0.5) is 4.79 Å². The van der Waals surface area contributed by atoms with Gasteiger partial charge in [-0.1, -0.05) is 82.9 Å². The summed E-state index contributed by atoms with van der Waals surface area (Å²) in [7, 11) is 0. The third kappa shape index (κ3) is 16.4. The van der Waals surface area contributed by atoms with E-state index in [-0.39, 0.29) is 18.5 Å². The van der Waals surface area contributed by atoms with Gasteiger partial charge in [0.2, 0.25) is 17.7 Å². The summed E-state index contributed by atoms with van der Waals surface area (Å²) >= 11 is 0. The second kappa shape index (κ2) is 19.5. The molecule has 5 amide bonds. The molecule has 35 heavy (non-hydrogen) atoms. The van der Waals surface area contributed by atoms with Gasteiger partial charge in [-0.2, -0.15) is 0 Å². The predicted molar refractivity (Wildman–Crippen MR) is 139 cm³/mol. The van der Waals surface area contributed by atoms with E-state index < -0.39 is 23.9 Å². The molecule has 0 aromatic carbocycles. The van der Waals surface area contributed by atoms with E-state index in [4.69, 9.17) is 0 Å². The van der Waals surface area contributed by atoms with Crippen molar-refractivity contribution < 1.29 is 19.2 Å². The molecule has 0 bridgehead atoms. The smallest absolute Gasteiger partial charge is 0.315 e. The van der Waals surface area contributed by atoms with Gasteiger partial charge in [-0.15, -0.1) is 0 Å². The summed E-state index contributed by atoms with van der Waals surface area (Å²) in [5.41, 5.74) is 0. The third-order valence-electron chi connectivity index (χ3n) is 5.67. The van der Waals surface area contributed by atoms with E-state index in [1.807, 2.05) is 0 Å². The van der Waals surface area contributed by atoms with Gasteiger partial charge in [-0.05, 0) is 19.8 Å². The van der Waals surface area contributed by atoms with Gasteiger partial charge >= 0.3 is 6.03 Å². The van der Waals surface area contributed by atoms with Crippen molar-refractivity contribution in [3.8, 4) is 0 Å². The fourth-order valence-electron chi connectivity index (χ4n) is 3.63. The van der Waals surface area contributed by atoms with Crippen LogP contribution >= 0.6 is 0 Å². The zero-order valence-electron chi connectivity index (χ0n) is 21.5. The van der Waals surface area contributed by atoms with Crippen LogP contribution in [0.25, 0.3) is 0 Å². The lowest BCUT2D eigenvalue weighted by Gasteiger charge is -2.18. The number of urea groups is 1. The Labute approximate surface area is 210 Å². The van der Waals surface area contributed by atoms with E-state index >= 15 is 0 Å². The zero-order chi connectivity index (χ0) is 25.7. The molecule has 0 spiro atoms. The van der Waals surface area contributed by atoms with Crippen molar-refractivity contribution in [3.63, 3.8) is 0 Å². The monoisotopic (exact) mass is 491 g/mol. The van der Waals surface area contributed by atoms with Crippen LogP contribution in [0.5, 0.6) is 0 Å². The Balaban J connectivity index is 2.22. The summed E-state index contributed by atoms with van der Waals surface area (Å²) < 4.78 is 0. The van der Waals surface area contributed by atoms with Crippen molar-refractivity contribution in [2.45, 2.75) is 96.6 Å². The average Bonchev–Trinajstić information content (AvgIpc) is 2.83. The van der Waals surface area contributed by atoms with Crippen LogP contribution in [0.15, 0.2) is 24.3 Å². The van der Waals surface area contributed by atoms with Gasteiger partial charge in [-0.3, -0.25) is 14.4 Å². The number of nitrogens with one attached hydrogen (secondary N) is 5. The normalized spacial score (nSPS) is 20.4. The maximum atomic E-state index is 12.5. The zero-order valence-corrected chi connectivity index (χ0v) is 21.5. The number of hydrogen-bond acceptors (Lipinski definition) is 4. The molecule has 0 unspecified atom stereocenters. The Morgan fingerprint density at radius 2 is 1.60 bits per heavy atom. The molecule has 198 valence electrons. The fourth-order valence-corrected chi connectivity index (χ4v) is 3.63. The summed E-state index contributed by atoms with van der Waals surface area (Å²) in [6.45, 7) is 4.73. The molecule has 9 heteroatoms. The molecule has 0 aromatic heterocycles. The molecule has 1 rings (SSSR count). The first-order valence-electron chi connectivity index (χ1n) is 13.2. The van der Waals surface area contributed by atoms with Crippen molar-refractivity contribution >= 4 is 23.8 Å². The van der Waals surface area contributed by atoms with Crippen molar-refractivity contribution in [2.75, 3.05) is 19.6 Å². The first-order chi connectivity index (χ1) is 16.9. The van der Waals surface area contributed by atoms with E-state index in [0.29, 0.717) is 19.5 Å². The van der Waals surface area contributed by atoms with Crippen LogP contribution in [0.2, 0.25) is 0 Å². The van der Waals surface area contributed by atoms with Crippen LogP contribution in [-0.2, 0) is 14.4 Å². The second-order valence-electron chi connectivity index (χ2n) is 9.00. The van der Waals surface area contributed by atoms with Crippen molar-refractivity contribution in [2.24, 2.45) is 0 Å². The highest BCUT2D eigenvalue weighted by Gasteiger charge is 2.19. The molecule has 0 aromatic rings. The number of amides is 5. The molecule has 1 heterocycles. The summed E-state index contributed by atoms with van der Waals surface area (Å²) in [6.07, 6.45) is 19.1. The molecular weight excluding hydrogens is 446 g/mol. The van der Waals surface area contributed by atoms with Crippen LogP contribution in [0, 0.1) is 0 Å². The van der Waals surface area contributed by atoms with Crippen molar-refractivity contribution in [3.05, 3.63) is 24.3 Å². The lowest BCUT2D eigenvalue weighted by molar-refractivity contribution is -0.127. The molecule has 1 aliphatic rings. The molecule has 0 radical (unpaired) electrons. The summed E-state index contributed by atoms with van der Waals surface area (Å²) in [4.78, 5) is 48.4. The summed E-state index contributed by atoms with van der Waals surface area (Å²) in [5.74, 6) is -1.08. The van der Waals surface area contributed by atoms with Gasteiger partial charge in [0, 0.05) is 25.2 Å². The standard InChI is InChI=1S/C26H45N5O4/c1-3-4-5-6-7-8-9-10-11-13-19-28-26(35)29-20-24(33)31-22-15-12-14-18-27-23(32)17-16-21(2)30-25(22)34/h12,15-17,21-22H,3-11,13-14,18-20H2,1-2H3,(H,27,32)(H,30,34)(H,31,33)(H2,28,29,35)/b15-12+,17-16+/t21-,22-/m0/s1. The van der Waals surface area contributed by atoms with Gasteiger partial charge in [0.25, 0.3) is 0 Å². The average molecular weight is 492 g/mol. The quantitative estimate of drug-likeness (QED) is 0.189. The maximum Gasteiger partial charge on any atom is 0.315 e. The fraction of sp³-hybridized carbons (Fsp3) is 0.692. The molecule has 2 atom stereocenters.